The average molecular weight is 823 g/mol. The van der Waals surface area contributed by atoms with Gasteiger partial charge in [-0.2, -0.15) is 0 Å². The van der Waals surface area contributed by atoms with E-state index in [9.17, 15) is 0 Å². The van der Waals surface area contributed by atoms with E-state index in [2.05, 4.69) is 264 Å². The molecule has 0 bridgehead atoms. The second-order valence-electron chi connectivity index (χ2n) is 16.1. The SMILES string of the molecule is c1ccc(-c2cccc(-c3cccc4c3c3ccccc3n4-c3ccc4c5ccccc5n(-c5cccc(S(c6ccccc6)(c6ccccc6)c6ccccc6)c5)c4c3)c2)cc1. The van der Waals surface area contributed by atoms with Gasteiger partial charge in [-0.15, -0.1) is 10.0 Å². The molecule has 0 N–H and O–H groups in total. The van der Waals surface area contributed by atoms with Crippen LogP contribution in [-0.4, -0.2) is 9.13 Å². The Morgan fingerprint density at radius 1 is 0.254 bits per heavy atom. The van der Waals surface area contributed by atoms with Crippen LogP contribution in [-0.2, 0) is 0 Å². The van der Waals surface area contributed by atoms with Crippen LogP contribution in [0.2, 0.25) is 0 Å². The molecule has 63 heavy (non-hydrogen) atoms. The number of para-hydroxylation sites is 2. The Bertz CT molecular complexity index is 3510. The van der Waals surface area contributed by atoms with Crippen molar-refractivity contribution in [3.8, 4) is 33.6 Å². The van der Waals surface area contributed by atoms with Gasteiger partial charge in [0.25, 0.3) is 0 Å². The maximum Gasteiger partial charge on any atom is 0.0561 e. The summed E-state index contributed by atoms with van der Waals surface area (Å²) in [5.74, 6) is 0. The Balaban J connectivity index is 1.09. The molecule has 2 heterocycles. The minimum Gasteiger partial charge on any atom is -0.309 e. The summed E-state index contributed by atoms with van der Waals surface area (Å²) >= 11 is 0. The molecule has 298 valence electrons. The molecule has 0 radical (unpaired) electrons. The van der Waals surface area contributed by atoms with Crippen LogP contribution in [0.3, 0.4) is 0 Å². The van der Waals surface area contributed by atoms with Crippen molar-refractivity contribution in [2.45, 2.75) is 19.6 Å². The fraction of sp³-hybridized carbons (Fsp3) is 0. The van der Waals surface area contributed by atoms with Gasteiger partial charge < -0.3 is 9.13 Å². The second-order valence-corrected chi connectivity index (χ2v) is 19.2. The Morgan fingerprint density at radius 3 is 1.40 bits per heavy atom. The number of hydrogen-bond donors (Lipinski definition) is 0. The van der Waals surface area contributed by atoms with Crippen molar-refractivity contribution in [3.05, 3.63) is 255 Å². The predicted molar refractivity (Wildman–Crippen MR) is 266 cm³/mol. The molecule has 0 fully saturated rings. The number of nitrogens with zero attached hydrogens (tertiary/aromatic N) is 2. The predicted octanol–water partition coefficient (Wildman–Crippen LogP) is 16.6. The van der Waals surface area contributed by atoms with Crippen LogP contribution in [0.15, 0.2) is 274 Å². The molecular weight excluding hydrogens is 781 g/mol. The molecule has 12 rings (SSSR count). The Hall–Kier alpha value is -7.85. The number of hydrogen-bond acceptors (Lipinski definition) is 0. The van der Waals surface area contributed by atoms with Gasteiger partial charge >= 0.3 is 0 Å². The summed E-state index contributed by atoms with van der Waals surface area (Å²) in [7, 11) is -1.89. The van der Waals surface area contributed by atoms with Crippen LogP contribution >= 0.6 is 10.0 Å². The van der Waals surface area contributed by atoms with Crippen LogP contribution in [0.5, 0.6) is 0 Å². The van der Waals surface area contributed by atoms with Crippen molar-refractivity contribution in [2.24, 2.45) is 0 Å². The van der Waals surface area contributed by atoms with E-state index in [-0.39, 0.29) is 0 Å². The zero-order valence-corrected chi connectivity index (χ0v) is 35.4. The van der Waals surface area contributed by atoms with Gasteiger partial charge in [0.15, 0.2) is 0 Å². The number of benzene rings is 10. The highest BCUT2D eigenvalue weighted by Crippen LogP contribution is 2.73. The van der Waals surface area contributed by atoms with Crippen molar-refractivity contribution in [1.29, 1.82) is 0 Å². The van der Waals surface area contributed by atoms with Gasteiger partial charge in [0.1, 0.15) is 0 Å². The normalized spacial score (nSPS) is 12.1. The fourth-order valence-electron chi connectivity index (χ4n) is 9.91. The highest BCUT2D eigenvalue weighted by Gasteiger charge is 2.33. The number of rotatable bonds is 8. The van der Waals surface area contributed by atoms with Gasteiger partial charge in [0.05, 0.1) is 22.1 Å². The summed E-state index contributed by atoms with van der Waals surface area (Å²) in [6.45, 7) is 0. The molecule has 3 heteroatoms. The Morgan fingerprint density at radius 2 is 0.714 bits per heavy atom. The van der Waals surface area contributed by atoms with E-state index in [0.29, 0.717) is 0 Å². The zero-order valence-electron chi connectivity index (χ0n) is 34.6. The summed E-state index contributed by atoms with van der Waals surface area (Å²) in [5, 5.41) is 4.96. The molecule has 10 aromatic carbocycles. The van der Waals surface area contributed by atoms with Crippen LogP contribution < -0.4 is 0 Å². The molecule has 0 aliphatic heterocycles. The smallest absolute Gasteiger partial charge is 0.0561 e. The van der Waals surface area contributed by atoms with E-state index in [0.717, 1.165) is 11.4 Å². The first kappa shape index (κ1) is 37.0. The fourth-order valence-corrected chi connectivity index (χ4v) is 13.8. The summed E-state index contributed by atoms with van der Waals surface area (Å²) in [6, 6.07) is 93.8. The molecule has 0 saturated carbocycles. The lowest BCUT2D eigenvalue weighted by molar-refractivity contribution is 1.14. The lowest BCUT2D eigenvalue weighted by Crippen LogP contribution is -2.06. The first-order chi connectivity index (χ1) is 31.3. The van der Waals surface area contributed by atoms with Gasteiger partial charge in [-0.25, -0.2) is 0 Å². The van der Waals surface area contributed by atoms with Gasteiger partial charge in [-0.3, -0.25) is 0 Å². The van der Waals surface area contributed by atoms with E-state index in [1.165, 1.54) is 85.4 Å². The minimum atomic E-state index is -1.89. The molecule has 0 atom stereocenters. The van der Waals surface area contributed by atoms with Crippen molar-refractivity contribution in [2.75, 3.05) is 0 Å². The van der Waals surface area contributed by atoms with E-state index in [4.69, 9.17) is 0 Å². The highest BCUT2D eigenvalue weighted by molar-refractivity contribution is 8.34. The van der Waals surface area contributed by atoms with Crippen molar-refractivity contribution in [3.63, 3.8) is 0 Å². The van der Waals surface area contributed by atoms with E-state index in [1.807, 2.05) is 0 Å². The molecule has 0 aliphatic rings. The largest absolute Gasteiger partial charge is 0.309 e. The van der Waals surface area contributed by atoms with Crippen LogP contribution in [0.4, 0.5) is 0 Å². The topological polar surface area (TPSA) is 9.86 Å². The molecule has 0 spiro atoms. The maximum atomic E-state index is 2.48. The second kappa shape index (κ2) is 15.3. The summed E-state index contributed by atoms with van der Waals surface area (Å²) in [5.41, 5.74) is 11.9. The lowest BCUT2D eigenvalue weighted by Gasteiger charge is -2.42. The van der Waals surface area contributed by atoms with Crippen molar-refractivity contribution < 1.29 is 0 Å². The number of aromatic nitrogens is 2. The zero-order chi connectivity index (χ0) is 41.7. The first-order valence-electron chi connectivity index (χ1n) is 21.6. The van der Waals surface area contributed by atoms with E-state index >= 15 is 0 Å². The van der Waals surface area contributed by atoms with Gasteiger partial charge in [0, 0.05) is 52.5 Å². The van der Waals surface area contributed by atoms with Crippen molar-refractivity contribution in [1.82, 2.24) is 9.13 Å². The van der Waals surface area contributed by atoms with E-state index < -0.39 is 10.0 Å². The highest BCUT2D eigenvalue weighted by atomic mass is 32.3. The lowest BCUT2D eigenvalue weighted by atomic mass is 9.96. The summed E-state index contributed by atoms with van der Waals surface area (Å²) in [4.78, 5) is 5.21. The first-order valence-corrected chi connectivity index (χ1v) is 23.2. The van der Waals surface area contributed by atoms with Crippen LogP contribution in [0.25, 0.3) is 77.2 Å². The molecule has 12 aromatic rings. The molecule has 2 nitrogen and oxygen atoms in total. The van der Waals surface area contributed by atoms with Crippen LogP contribution in [0, 0.1) is 0 Å². The molecule has 2 aromatic heterocycles. The maximum absolute atomic E-state index is 2.48. The van der Waals surface area contributed by atoms with E-state index in [1.54, 1.807) is 0 Å². The van der Waals surface area contributed by atoms with Crippen molar-refractivity contribution >= 4 is 53.6 Å². The molecular formula is C60H42N2S. The molecule has 0 aliphatic carbocycles. The molecule has 0 amide bonds. The van der Waals surface area contributed by atoms with Gasteiger partial charge in [-0.05, 0) is 113 Å². The standard InChI is InChI=1S/C60H42N2S/c1-5-20-43(21-6-1)44-22-17-23-45(40-44)52-34-19-37-58-60(52)55-33-14-16-36-57(55)61(58)47-38-39-54-53-32-13-15-35-56(53)62(59(54)42-47)46-24-18-31-51(41-46)63(48-25-7-2-8-26-48,49-27-9-3-10-28-49)50-29-11-4-12-30-50/h1-42H. The quantitative estimate of drug-likeness (QED) is 0.144. The summed E-state index contributed by atoms with van der Waals surface area (Å²) < 4.78 is 4.94. The van der Waals surface area contributed by atoms with Crippen LogP contribution in [0.1, 0.15) is 0 Å². The third-order valence-electron chi connectivity index (χ3n) is 12.6. The Labute approximate surface area is 368 Å². The average Bonchev–Trinajstić information content (AvgIpc) is 3.88. The van der Waals surface area contributed by atoms with Gasteiger partial charge in [0.2, 0.25) is 0 Å². The van der Waals surface area contributed by atoms with Gasteiger partial charge in [-0.1, -0.05) is 164 Å². The third kappa shape index (κ3) is 5.96. The minimum absolute atomic E-state index is 1.13. The monoisotopic (exact) mass is 822 g/mol. The third-order valence-corrected chi connectivity index (χ3v) is 16.5. The molecule has 0 unspecified atom stereocenters. The number of fused-ring (bicyclic) bond motifs is 6. The molecule has 0 saturated heterocycles. The Kier molecular flexibility index (Phi) is 8.95. The summed E-state index contributed by atoms with van der Waals surface area (Å²) in [6.07, 6.45) is 0.